The van der Waals surface area contributed by atoms with E-state index in [2.05, 4.69) is 24.3 Å². The van der Waals surface area contributed by atoms with Gasteiger partial charge in [-0.1, -0.05) is 48.5 Å². The van der Waals surface area contributed by atoms with Crippen LogP contribution in [0, 0.1) is 11.3 Å². The highest BCUT2D eigenvalue weighted by Crippen LogP contribution is 2.58. The minimum Gasteiger partial charge on any atom is -0.481 e. The van der Waals surface area contributed by atoms with E-state index in [9.17, 15) is 14.7 Å². The van der Waals surface area contributed by atoms with E-state index in [1.54, 1.807) is 4.90 Å². The monoisotopic (exact) mass is 363 g/mol. The third kappa shape index (κ3) is 2.52. The first-order valence-corrected chi connectivity index (χ1v) is 9.42. The Kier molecular flexibility index (Phi) is 3.54. The van der Waals surface area contributed by atoms with Crippen LogP contribution in [0.4, 0.5) is 4.79 Å². The minimum absolute atomic E-state index is 0.0469. The molecule has 1 heterocycles. The van der Waals surface area contributed by atoms with Crippen molar-refractivity contribution in [1.29, 1.82) is 0 Å². The first-order chi connectivity index (χ1) is 13.1. The summed E-state index contributed by atoms with van der Waals surface area (Å²) in [7, 11) is 0. The summed E-state index contributed by atoms with van der Waals surface area (Å²) < 4.78 is 5.68. The lowest BCUT2D eigenvalue weighted by atomic mass is 9.98. The number of carboxylic acids is 1. The summed E-state index contributed by atoms with van der Waals surface area (Å²) in [5.41, 5.74) is 4.58. The number of carbonyl (C=O) groups excluding carboxylic acids is 1. The van der Waals surface area contributed by atoms with Crippen molar-refractivity contribution in [3.63, 3.8) is 0 Å². The molecule has 5 nitrogen and oxygen atoms in total. The molecule has 5 heteroatoms. The normalized spacial score (nSPS) is 25.3. The van der Waals surface area contributed by atoms with E-state index in [0.717, 1.165) is 6.42 Å². The number of benzene rings is 2. The average molecular weight is 363 g/mol. The highest BCUT2D eigenvalue weighted by Gasteiger charge is 2.62. The lowest BCUT2D eigenvalue weighted by molar-refractivity contribution is -0.139. The molecular weight excluding hydrogens is 342 g/mol. The van der Waals surface area contributed by atoms with Crippen molar-refractivity contribution in [3.8, 4) is 11.1 Å². The summed E-state index contributed by atoms with van der Waals surface area (Å²) >= 11 is 0. The van der Waals surface area contributed by atoms with Crippen molar-refractivity contribution < 1.29 is 19.4 Å². The lowest BCUT2D eigenvalue weighted by Crippen LogP contribution is -2.31. The van der Waals surface area contributed by atoms with Gasteiger partial charge in [-0.3, -0.25) is 4.79 Å². The zero-order valence-electron chi connectivity index (χ0n) is 14.9. The molecule has 0 radical (unpaired) electrons. The van der Waals surface area contributed by atoms with Gasteiger partial charge >= 0.3 is 12.1 Å². The predicted octanol–water partition coefficient (Wildman–Crippen LogP) is 3.73. The molecule has 1 saturated carbocycles. The molecule has 2 unspecified atom stereocenters. The molecule has 1 N–H and O–H groups in total. The Morgan fingerprint density at radius 3 is 2.30 bits per heavy atom. The number of hydrogen-bond donors (Lipinski definition) is 1. The smallest absolute Gasteiger partial charge is 0.409 e. The summed E-state index contributed by atoms with van der Waals surface area (Å²) in [6.07, 6.45) is 1.11. The zero-order valence-corrected chi connectivity index (χ0v) is 14.9. The van der Waals surface area contributed by atoms with Crippen molar-refractivity contribution in [1.82, 2.24) is 4.90 Å². The van der Waals surface area contributed by atoms with Crippen LogP contribution in [0.15, 0.2) is 48.5 Å². The topological polar surface area (TPSA) is 66.8 Å². The Morgan fingerprint density at radius 1 is 1.07 bits per heavy atom. The van der Waals surface area contributed by atoms with Gasteiger partial charge in [0.25, 0.3) is 0 Å². The third-order valence-electron chi connectivity index (χ3n) is 6.47. The SMILES string of the molecule is O=C(O)C1CC12CCN(C(=O)OCC1c3ccccc3-c3ccccc31)C2. The molecule has 2 aromatic rings. The van der Waals surface area contributed by atoms with Gasteiger partial charge in [-0.05, 0) is 35.1 Å². The van der Waals surface area contributed by atoms with Crippen LogP contribution >= 0.6 is 0 Å². The third-order valence-corrected chi connectivity index (χ3v) is 6.47. The highest BCUT2D eigenvalue weighted by atomic mass is 16.6. The van der Waals surface area contributed by atoms with Gasteiger partial charge in [0.05, 0.1) is 5.92 Å². The number of likely N-dealkylation sites (tertiary alicyclic amines) is 1. The van der Waals surface area contributed by atoms with E-state index >= 15 is 0 Å². The molecule has 2 aliphatic carbocycles. The fourth-order valence-electron chi connectivity index (χ4n) is 4.88. The van der Waals surface area contributed by atoms with E-state index in [1.807, 2.05) is 24.3 Å². The zero-order chi connectivity index (χ0) is 18.6. The number of carbonyl (C=O) groups is 2. The number of hydrogen-bond acceptors (Lipinski definition) is 3. The molecule has 1 spiro atoms. The number of ether oxygens (including phenoxy) is 1. The summed E-state index contributed by atoms with van der Waals surface area (Å²) in [5, 5.41) is 9.20. The van der Waals surface area contributed by atoms with Gasteiger partial charge in [0, 0.05) is 24.4 Å². The molecule has 2 aromatic carbocycles. The molecule has 2 fully saturated rings. The van der Waals surface area contributed by atoms with Gasteiger partial charge in [-0.2, -0.15) is 0 Å². The van der Waals surface area contributed by atoms with Crippen molar-refractivity contribution in [2.75, 3.05) is 19.7 Å². The van der Waals surface area contributed by atoms with Crippen molar-refractivity contribution >= 4 is 12.1 Å². The van der Waals surface area contributed by atoms with Gasteiger partial charge in [-0.25, -0.2) is 4.79 Å². The summed E-state index contributed by atoms with van der Waals surface area (Å²) in [6, 6.07) is 16.5. The summed E-state index contributed by atoms with van der Waals surface area (Å²) in [6.45, 7) is 1.39. The standard InChI is InChI=1S/C22H21NO4/c24-20(25)19-11-22(19)9-10-23(13-22)21(26)27-12-18-16-7-3-1-5-14(16)15-6-2-4-8-17(15)18/h1-8,18-19H,9-13H2,(H,24,25). The largest absolute Gasteiger partial charge is 0.481 e. The number of amides is 1. The van der Waals surface area contributed by atoms with Gasteiger partial charge in [0.15, 0.2) is 0 Å². The van der Waals surface area contributed by atoms with E-state index in [1.165, 1.54) is 22.3 Å². The van der Waals surface area contributed by atoms with Crippen molar-refractivity contribution in [3.05, 3.63) is 59.7 Å². The molecule has 1 saturated heterocycles. The maximum atomic E-state index is 12.6. The van der Waals surface area contributed by atoms with Gasteiger partial charge in [-0.15, -0.1) is 0 Å². The highest BCUT2D eigenvalue weighted by molar-refractivity contribution is 5.79. The van der Waals surface area contributed by atoms with E-state index < -0.39 is 5.97 Å². The second-order valence-electron chi connectivity index (χ2n) is 7.93. The van der Waals surface area contributed by atoms with Crippen LogP contribution in [-0.2, 0) is 9.53 Å². The fourth-order valence-corrected chi connectivity index (χ4v) is 4.88. The van der Waals surface area contributed by atoms with E-state index in [0.29, 0.717) is 26.1 Å². The van der Waals surface area contributed by atoms with Crippen molar-refractivity contribution in [2.45, 2.75) is 18.8 Å². The van der Waals surface area contributed by atoms with Crippen LogP contribution in [-0.4, -0.2) is 41.8 Å². The minimum atomic E-state index is -0.746. The van der Waals surface area contributed by atoms with Crippen molar-refractivity contribution in [2.24, 2.45) is 11.3 Å². The Bertz CT molecular complexity index is 894. The second kappa shape index (κ2) is 5.84. The molecule has 5 rings (SSSR count). The molecule has 0 aromatic heterocycles. The number of aliphatic carboxylic acids is 1. The van der Waals surface area contributed by atoms with Crippen LogP contribution in [0.3, 0.4) is 0 Å². The quantitative estimate of drug-likeness (QED) is 0.902. The molecular formula is C22H21NO4. The van der Waals surface area contributed by atoms with Crippen LogP contribution in [0.1, 0.15) is 29.9 Å². The van der Waals surface area contributed by atoms with Crippen LogP contribution in [0.25, 0.3) is 11.1 Å². The molecule has 138 valence electrons. The summed E-state index contributed by atoms with van der Waals surface area (Å²) in [4.78, 5) is 25.4. The molecule has 0 bridgehead atoms. The Hall–Kier alpha value is -2.82. The first-order valence-electron chi connectivity index (χ1n) is 9.42. The summed E-state index contributed by atoms with van der Waals surface area (Å²) in [5.74, 6) is -1.00. The lowest BCUT2D eigenvalue weighted by Gasteiger charge is -2.19. The predicted molar refractivity (Wildman–Crippen MR) is 99.4 cm³/mol. The van der Waals surface area contributed by atoms with Crippen LogP contribution in [0.2, 0.25) is 0 Å². The van der Waals surface area contributed by atoms with Crippen LogP contribution < -0.4 is 0 Å². The van der Waals surface area contributed by atoms with Gasteiger partial charge < -0.3 is 14.7 Å². The second-order valence-corrected chi connectivity index (χ2v) is 7.93. The molecule has 3 aliphatic rings. The average Bonchev–Trinajstić information content (AvgIpc) is 3.07. The number of fused-ring (bicyclic) bond motifs is 3. The first kappa shape index (κ1) is 16.4. The number of rotatable bonds is 3. The Morgan fingerprint density at radius 2 is 1.70 bits per heavy atom. The molecule has 2 atom stereocenters. The maximum absolute atomic E-state index is 12.6. The van der Waals surface area contributed by atoms with E-state index in [4.69, 9.17) is 4.74 Å². The fraction of sp³-hybridized carbons (Fsp3) is 0.364. The molecule has 27 heavy (non-hydrogen) atoms. The molecule has 1 amide bonds. The Balaban J connectivity index is 1.28. The Labute approximate surface area is 157 Å². The number of nitrogens with zero attached hydrogens (tertiary/aromatic N) is 1. The van der Waals surface area contributed by atoms with E-state index in [-0.39, 0.29) is 23.3 Å². The van der Waals surface area contributed by atoms with Gasteiger partial charge in [0.1, 0.15) is 6.61 Å². The number of carboxylic acid groups (broad SMARTS) is 1. The van der Waals surface area contributed by atoms with Gasteiger partial charge in [0.2, 0.25) is 0 Å². The molecule has 1 aliphatic heterocycles. The van der Waals surface area contributed by atoms with Crippen LogP contribution in [0.5, 0.6) is 0 Å². The maximum Gasteiger partial charge on any atom is 0.409 e.